The number of carbonyl (C=O) groups is 2. The van der Waals surface area contributed by atoms with Gasteiger partial charge < -0.3 is 15.0 Å². The molecule has 2 aliphatic heterocycles. The maximum Gasteiger partial charge on any atom is 0.407 e. The Hall–Kier alpha value is -2.11. The average molecular weight is 278 g/mol. The average Bonchev–Trinajstić information content (AvgIpc) is 2.46. The molecule has 0 aliphatic carbocycles. The van der Waals surface area contributed by atoms with E-state index in [1.54, 1.807) is 4.90 Å². The number of hydrogen-bond acceptors (Lipinski definition) is 3. The molecule has 1 aromatic carbocycles. The fraction of sp³-hybridized carbons (Fsp3) is 0.429. The molecule has 106 valence electrons. The van der Waals surface area contributed by atoms with Crippen LogP contribution in [0.25, 0.3) is 0 Å². The molecule has 0 spiro atoms. The minimum atomic E-state index is -0.428. The summed E-state index contributed by atoms with van der Waals surface area (Å²) in [5.41, 5.74) is 0.461. The van der Waals surface area contributed by atoms with Crippen molar-refractivity contribution in [1.29, 1.82) is 0 Å². The zero-order valence-electron chi connectivity index (χ0n) is 10.8. The molecule has 2 aliphatic rings. The fourth-order valence-electron chi connectivity index (χ4n) is 2.70. The number of benzene rings is 1. The minimum absolute atomic E-state index is 0.0607. The van der Waals surface area contributed by atoms with Gasteiger partial charge in [0.05, 0.1) is 12.6 Å². The Morgan fingerprint density at radius 1 is 1.35 bits per heavy atom. The van der Waals surface area contributed by atoms with Crippen molar-refractivity contribution in [3.63, 3.8) is 0 Å². The maximum absolute atomic E-state index is 12.9. The van der Waals surface area contributed by atoms with Crippen LogP contribution in [0.4, 0.5) is 9.18 Å². The molecule has 0 bridgehead atoms. The van der Waals surface area contributed by atoms with Crippen LogP contribution in [0, 0.1) is 11.7 Å². The van der Waals surface area contributed by atoms with Crippen molar-refractivity contribution in [2.75, 3.05) is 19.7 Å². The van der Waals surface area contributed by atoms with Crippen molar-refractivity contribution < 1.29 is 18.7 Å². The van der Waals surface area contributed by atoms with Crippen LogP contribution in [-0.4, -0.2) is 42.6 Å². The highest BCUT2D eigenvalue weighted by atomic mass is 19.1. The molecule has 0 saturated carbocycles. The van der Waals surface area contributed by atoms with Gasteiger partial charge in [-0.1, -0.05) is 0 Å². The largest absolute Gasteiger partial charge is 0.449 e. The molecule has 2 heterocycles. The predicted octanol–water partition coefficient (Wildman–Crippen LogP) is 1.40. The zero-order chi connectivity index (χ0) is 14.1. The number of amides is 2. The van der Waals surface area contributed by atoms with E-state index < -0.39 is 6.09 Å². The van der Waals surface area contributed by atoms with E-state index in [0.29, 0.717) is 25.3 Å². The van der Waals surface area contributed by atoms with Gasteiger partial charge in [0.1, 0.15) is 5.82 Å². The van der Waals surface area contributed by atoms with Crippen LogP contribution in [0.5, 0.6) is 0 Å². The van der Waals surface area contributed by atoms with Gasteiger partial charge in [-0.2, -0.15) is 0 Å². The maximum atomic E-state index is 12.9. The number of fused-ring (bicyclic) bond motifs is 1. The number of likely N-dealkylation sites (tertiary alicyclic amines) is 1. The molecule has 20 heavy (non-hydrogen) atoms. The number of alkyl carbamates (subject to hydrolysis) is 1. The van der Waals surface area contributed by atoms with Crippen molar-refractivity contribution in [1.82, 2.24) is 10.2 Å². The molecule has 2 saturated heterocycles. The Kier molecular flexibility index (Phi) is 3.30. The van der Waals surface area contributed by atoms with E-state index in [9.17, 15) is 14.0 Å². The summed E-state index contributed by atoms with van der Waals surface area (Å²) in [7, 11) is 0. The summed E-state index contributed by atoms with van der Waals surface area (Å²) in [5.74, 6) is -0.244. The van der Waals surface area contributed by atoms with Gasteiger partial charge in [0, 0.05) is 24.6 Å². The number of nitrogens with zero attached hydrogens (tertiary/aromatic N) is 1. The van der Waals surface area contributed by atoms with Crippen LogP contribution in [0.1, 0.15) is 16.8 Å². The molecule has 6 heteroatoms. The van der Waals surface area contributed by atoms with E-state index >= 15 is 0 Å². The van der Waals surface area contributed by atoms with Crippen LogP contribution in [-0.2, 0) is 4.74 Å². The summed E-state index contributed by atoms with van der Waals surface area (Å²) in [6.07, 6.45) is 0.361. The molecule has 0 unspecified atom stereocenters. The minimum Gasteiger partial charge on any atom is -0.449 e. The predicted molar refractivity (Wildman–Crippen MR) is 68.7 cm³/mol. The standard InChI is InChI=1S/C14H15FN2O3/c15-11-3-1-9(2-4-11)13(18)17-6-5-10-8-20-14(19)16-12(10)7-17/h1-4,10,12H,5-8H2,(H,16,19)/t10-,12+/m0/s1. The van der Waals surface area contributed by atoms with Crippen molar-refractivity contribution in [3.05, 3.63) is 35.6 Å². The van der Waals surface area contributed by atoms with Gasteiger partial charge >= 0.3 is 6.09 Å². The topological polar surface area (TPSA) is 58.6 Å². The summed E-state index contributed by atoms with van der Waals surface area (Å²) in [5, 5.41) is 2.75. The van der Waals surface area contributed by atoms with Crippen molar-refractivity contribution in [2.24, 2.45) is 5.92 Å². The summed E-state index contributed by atoms with van der Waals surface area (Å²) in [4.78, 5) is 25.2. The Morgan fingerprint density at radius 3 is 2.85 bits per heavy atom. The summed E-state index contributed by atoms with van der Waals surface area (Å²) in [6.45, 7) is 1.50. The number of rotatable bonds is 1. The lowest BCUT2D eigenvalue weighted by atomic mass is 9.91. The molecule has 1 N–H and O–H groups in total. The molecule has 2 amide bonds. The van der Waals surface area contributed by atoms with Gasteiger partial charge in [-0.15, -0.1) is 0 Å². The Balaban J connectivity index is 1.70. The molecule has 5 nitrogen and oxygen atoms in total. The highest BCUT2D eigenvalue weighted by Crippen LogP contribution is 2.22. The monoisotopic (exact) mass is 278 g/mol. The molecule has 0 radical (unpaired) electrons. The molecule has 2 fully saturated rings. The smallest absolute Gasteiger partial charge is 0.407 e. The van der Waals surface area contributed by atoms with E-state index in [4.69, 9.17) is 4.74 Å². The number of halogens is 1. The number of piperidine rings is 1. The van der Waals surface area contributed by atoms with Crippen LogP contribution < -0.4 is 5.32 Å². The van der Waals surface area contributed by atoms with Gasteiger partial charge in [-0.3, -0.25) is 4.79 Å². The van der Waals surface area contributed by atoms with E-state index in [1.165, 1.54) is 24.3 Å². The molecule has 3 rings (SSSR count). The van der Waals surface area contributed by atoms with Gasteiger partial charge in [-0.05, 0) is 30.7 Å². The van der Waals surface area contributed by atoms with Gasteiger partial charge in [0.2, 0.25) is 0 Å². The fourth-order valence-corrected chi connectivity index (χ4v) is 2.70. The molecule has 1 aromatic rings. The van der Waals surface area contributed by atoms with Crippen molar-refractivity contribution >= 4 is 12.0 Å². The first-order chi connectivity index (χ1) is 9.63. The highest BCUT2D eigenvalue weighted by Gasteiger charge is 2.36. The number of cyclic esters (lactones) is 1. The number of nitrogens with one attached hydrogen (secondary N) is 1. The second-order valence-electron chi connectivity index (χ2n) is 5.16. The summed E-state index contributed by atoms with van der Waals surface area (Å²) < 4.78 is 17.8. The van der Waals surface area contributed by atoms with Crippen LogP contribution >= 0.6 is 0 Å². The van der Waals surface area contributed by atoms with Crippen molar-refractivity contribution in [2.45, 2.75) is 12.5 Å². The van der Waals surface area contributed by atoms with E-state index in [1.807, 2.05) is 0 Å². The third-order valence-electron chi connectivity index (χ3n) is 3.87. The first-order valence-electron chi connectivity index (χ1n) is 6.61. The molecule has 2 atom stereocenters. The van der Waals surface area contributed by atoms with Crippen LogP contribution in [0.3, 0.4) is 0 Å². The third kappa shape index (κ3) is 2.45. The second kappa shape index (κ2) is 5.11. The highest BCUT2D eigenvalue weighted by molar-refractivity contribution is 5.94. The third-order valence-corrected chi connectivity index (χ3v) is 3.87. The van der Waals surface area contributed by atoms with Gasteiger partial charge in [0.15, 0.2) is 0 Å². The number of hydrogen-bond donors (Lipinski definition) is 1. The van der Waals surface area contributed by atoms with Gasteiger partial charge in [-0.25, -0.2) is 9.18 Å². The Morgan fingerprint density at radius 2 is 2.10 bits per heavy atom. The molecular weight excluding hydrogens is 263 g/mol. The Bertz CT molecular complexity index is 532. The summed E-state index contributed by atoms with van der Waals surface area (Å²) in [6, 6.07) is 5.44. The SMILES string of the molecule is O=C1N[C@@H]2CN(C(=O)c3ccc(F)cc3)CC[C@H]2CO1. The normalized spacial score (nSPS) is 25.4. The van der Waals surface area contributed by atoms with Crippen molar-refractivity contribution in [3.8, 4) is 0 Å². The van der Waals surface area contributed by atoms with E-state index in [0.717, 1.165) is 6.42 Å². The van der Waals surface area contributed by atoms with E-state index in [-0.39, 0.29) is 23.7 Å². The first kappa shape index (κ1) is 12.9. The lowest BCUT2D eigenvalue weighted by Crippen LogP contribution is -2.58. The van der Waals surface area contributed by atoms with Crippen LogP contribution in [0.2, 0.25) is 0 Å². The lowest BCUT2D eigenvalue weighted by Gasteiger charge is -2.40. The summed E-state index contributed by atoms with van der Waals surface area (Å²) >= 11 is 0. The Labute approximate surface area is 115 Å². The zero-order valence-corrected chi connectivity index (χ0v) is 10.8. The van der Waals surface area contributed by atoms with Gasteiger partial charge in [0.25, 0.3) is 5.91 Å². The van der Waals surface area contributed by atoms with E-state index in [2.05, 4.69) is 5.32 Å². The number of carbonyl (C=O) groups excluding carboxylic acids is 2. The molecular formula is C14H15FN2O3. The quantitative estimate of drug-likeness (QED) is 0.844. The first-order valence-corrected chi connectivity index (χ1v) is 6.61. The number of ether oxygens (including phenoxy) is 1. The lowest BCUT2D eigenvalue weighted by molar-refractivity contribution is 0.0337. The second-order valence-corrected chi connectivity index (χ2v) is 5.16. The molecule has 0 aromatic heterocycles. The van der Waals surface area contributed by atoms with Crippen LogP contribution in [0.15, 0.2) is 24.3 Å².